The van der Waals surface area contributed by atoms with Crippen LogP contribution in [0.3, 0.4) is 0 Å². The summed E-state index contributed by atoms with van der Waals surface area (Å²) in [4.78, 5) is 4.42. The Morgan fingerprint density at radius 3 is 3.06 bits per heavy atom. The largest absolute Gasteiger partial charge is 0.253 e. The topological polar surface area (TPSA) is 37.3 Å². The Hall–Kier alpha value is -1.39. The maximum atomic E-state index is 6.11. The molecule has 0 aliphatic carbocycles. The number of aromatic nitrogens is 1. The number of benzene rings is 1. The van der Waals surface area contributed by atoms with E-state index in [2.05, 4.69) is 15.5 Å². The molecule has 5 heteroatoms. The van der Waals surface area contributed by atoms with Gasteiger partial charge in [0.25, 0.3) is 0 Å². The smallest absolute Gasteiger partial charge is 0.203 e. The van der Waals surface area contributed by atoms with Crippen LogP contribution in [0.1, 0.15) is 13.3 Å². The third-order valence-electron chi connectivity index (χ3n) is 2.09. The number of thiazole rings is 1. The molecule has 1 aromatic carbocycles. The molecule has 3 nitrogen and oxygen atoms in total. The minimum atomic E-state index is 0.710. The first-order chi connectivity index (χ1) is 8.31. The zero-order valence-electron chi connectivity index (χ0n) is 9.35. The van der Waals surface area contributed by atoms with Crippen LogP contribution in [0.2, 0.25) is 5.02 Å². The van der Waals surface area contributed by atoms with E-state index in [1.54, 1.807) is 6.21 Å². The van der Waals surface area contributed by atoms with Crippen LogP contribution in [0.25, 0.3) is 11.3 Å². The Bertz CT molecular complexity index is 522. The zero-order chi connectivity index (χ0) is 12.1. The summed E-state index contributed by atoms with van der Waals surface area (Å²) in [6.07, 6.45) is 2.70. The Labute approximate surface area is 109 Å². The van der Waals surface area contributed by atoms with Gasteiger partial charge < -0.3 is 0 Å². The molecule has 2 rings (SSSR count). The fourth-order valence-electron chi connectivity index (χ4n) is 1.31. The molecule has 0 bridgehead atoms. The minimum Gasteiger partial charge on any atom is -0.253 e. The molecule has 0 amide bonds. The average Bonchev–Trinajstić information content (AvgIpc) is 2.79. The van der Waals surface area contributed by atoms with Gasteiger partial charge in [-0.2, -0.15) is 5.10 Å². The first-order valence-electron chi connectivity index (χ1n) is 5.29. The number of nitrogens with one attached hydrogen (secondary N) is 1. The summed E-state index contributed by atoms with van der Waals surface area (Å²) in [6.45, 7) is 2.03. The van der Waals surface area contributed by atoms with Crippen LogP contribution < -0.4 is 5.43 Å². The second-order valence-electron chi connectivity index (χ2n) is 3.35. The van der Waals surface area contributed by atoms with E-state index in [-0.39, 0.29) is 0 Å². The van der Waals surface area contributed by atoms with Crippen molar-refractivity contribution >= 4 is 34.3 Å². The van der Waals surface area contributed by atoms with Gasteiger partial charge in [-0.15, -0.1) is 11.3 Å². The number of hydrazone groups is 1. The molecule has 0 unspecified atom stereocenters. The molecule has 0 radical (unpaired) electrons. The number of nitrogens with zero attached hydrogens (tertiary/aromatic N) is 2. The predicted octanol–water partition coefficient (Wildman–Crippen LogP) is 4.27. The van der Waals surface area contributed by atoms with Gasteiger partial charge in [0.15, 0.2) is 0 Å². The van der Waals surface area contributed by atoms with Gasteiger partial charge in [-0.3, -0.25) is 5.43 Å². The van der Waals surface area contributed by atoms with E-state index in [9.17, 15) is 0 Å². The minimum absolute atomic E-state index is 0.710. The summed E-state index contributed by atoms with van der Waals surface area (Å²) < 4.78 is 0. The Kier molecular flexibility index (Phi) is 4.12. The maximum Gasteiger partial charge on any atom is 0.203 e. The quantitative estimate of drug-likeness (QED) is 0.662. The van der Waals surface area contributed by atoms with Crippen LogP contribution in [-0.2, 0) is 0 Å². The second-order valence-corrected chi connectivity index (χ2v) is 4.61. The Balaban J connectivity index is 2.18. The van der Waals surface area contributed by atoms with Gasteiger partial charge in [-0.05, 0) is 12.5 Å². The first kappa shape index (κ1) is 12.1. The van der Waals surface area contributed by atoms with Gasteiger partial charge in [0.05, 0.1) is 5.69 Å². The van der Waals surface area contributed by atoms with Gasteiger partial charge in [0.2, 0.25) is 5.13 Å². The highest BCUT2D eigenvalue weighted by molar-refractivity contribution is 7.14. The molecule has 2 aromatic rings. The van der Waals surface area contributed by atoms with Crippen molar-refractivity contribution in [3.63, 3.8) is 0 Å². The molecule has 88 valence electrons. The third kappa shape index (κ3) is 3.05. The lowest BCUT2D eigenvalue weighted by Crippen LogP contribution is -1.88. The average molecular weight is 266 g/mol. The molecule has 17 heavy (non-hydrogen) atoms. The zero-order valence-corrected chi connectivity index (χ0v) is 10.9. The van der Waals surface area contributed by atoms with E-state index in [0.29, 0.717) is 5.02 Å². The Morgan fingerprint density at radius 2 is 2.29 bits per heavy atom. The van der Waals surface area contributed by atoms with E-state index in [4.69, 9.17) is 11.6 Å². The molecule has 1 aromatic heterocycles. The van der Waals surface area contributed by atoms with Crippen molar-refractivity contribution in [1.29, 1.82) is 0 Å². The lowest BCUT2D eigenvalue weighted by atomic mass is 10.2. The third-order valence-corrected chi connectivity index (χ3v) is 3.16. The van der Waals surface area contributed by atoms with Crippen molar-refractivity contribution in [3.8, 4) is 11.3 Å². The first-order valence-corrected chi connectivity index (χ1v) is 6.55. The standard InChI is InChI=1S/C12H12ClN3S/c1-2-7-14-16-12-15-11(8-17-12)9-5-3-4-6-10(9)13/h3-8H,2H2,1H3,(H,15,16)/b14-7+. The van der Waals surface area contributed by atoms with Crippen molar-refractivity contribution in [2.75, 3.05) is 5.43 Å². The summed E-state index contributed by atoms with van der Waals surface area (Å²) >= 11 is 7.62. The molecular formula is C12H12ClN3S. The van der Waals surface area contributed by atoms with Crippen LogP contribution in [0.4, 0.5) is 5.13 Å². The van der Waals surface area contributed by atoms with Crippen molar-refractivity contribution in [2.24, 2.45) is 5.10 Å². The number of halogens is 1. The van der Waals surface area contributed by atoms with Crippen LogP contribution >= 0.6 is 22.9 Å². The number of anilines is 1. The van der Waals surface area contributed by atoms with Gasteiger partial charge in [-0.25, -0.2) is 4.98 Å². The fraction of sp³-hybridized carbons (Fsp3) is 0.167. The highest BCUT2D eigenvalue weighted by Gasteiger charge is 2.06. The fourth-order valence-corrected chi connectivity index (χ4v) is 2.20. The van der Waals surface area contributed by atoms with Gasteiger partial charge >= 0.3 is 0 Å². The summed E-state index contributed by atoms with van der Waals surface area (Å²) in [5.74, 6) is 0. The second kappa shape index (κ2) is 5.80. The monoisotopic (exact) mass is 265 g/mol. The van der Waals surface area contributed by atoms with E-state index in [1.165, 1.54) is 11.3 Å². The number of rotatable bonds is 4. The van der Waals surface area contributed by atoms with Gasteiger partial charge in [-0.1, -0.05) is 36.7 Å². The molecule has 1 heterocycles. The van der Waals surface area contributed by atoms with Crippen molar-refractivity contribution in [3.05, 3.63) is 34.7 Å². The van der Waals surface area contributed by atoms with E-state index < -0.39 is 0 Å². The lowest BCUT2D eigenvalue weighted by Gasteiger charge is -1.98. The van der Waals surface area contributed by atoms with Crippen molar-refractivity contribution in [1.82, 2.24) is 4.98 Å². The van der Waals surface area contributed by atoms with Crippen LogP contribution in [0.15, 0.2) is 34.7 Å². The molecule has 0 saturated heterocycles. The highest BCUT2D eigenvalue weighted by atomic mass is 35.5. The highest BCUT2D eigenvalue weighted by Crippen LogP contribution is 2.30. The summed E-state index contributed by atoms with van der Waals surface area (Å²) in [5, 5.41) is 7.47. The predicted molar refractivity (Wildman–Crippen MR) is 75.0 cm³/mol. The summed E-state index contributed by atoms with van der Waals surface area (Å²) in [7, 11) is 0. The molecule has 0 saturated carbocycles. The number of hydrogen-bond donors (Lipinski definition) is 1. The van der Waals surface area contributed by atoms with E-state index in [0.717, 1.165) is 22.8 Å². The van der Waals surface area contributed by atoms with Crippen molar-refractivity contribution < 1.29 is 0 Å². The Morgan fingerprint density at radius 1 is 1.47 bits per heavy atom. The van der Waals surface area contributed by atoms with Crippen LogP contribution in [0, 0.1) is 0 Å². The molecule has 0 spiro atoms. The molecule has 1 N–H and O–H groups in total. The SMILES string of the molecule is CC/C=N/Nc1nc(-c2ccccc2Cl)cs1. The van der Waals surface area contributed by atoms with Crippen LogP contribution in [0.5, 0.6) is 0 Å². The number of hydrogen-bond acceptors (Lipinski definition) is 4. The van der Waals surface area contributed by atoms with Crippen LogP contribution in [-0.4, -0.2) is 11.2 Å². The van der Waals surface area contributed by atoms with E-state index >= 15 is 0 Å². The summed E-state index contributed by atoms with van der Waals surface area (Å²) in [6, 6.07) is 7.67. The normalized spacial score (nSPS) is 10.9. The lowest BCUT2D eigenvalue weighted by molar-refractivity contribution is 1.24. The van der Waals surface area contributed by atoms with Gasteiger partial charge in [0.1, 0.15) is 0 Å². The van der Waals surface area contributed by atoms with Crippen molar-refractivity contribution in [2.45, 2.75) is 13.3 Å². The maximum absolute atomic E-state index is 6.11. The summed E-state index contributed by atoms with van der Waals surface area (Å²) in [5.41, 5.74) is 4.70. The van der Waals surface area contributed by atoms with Gasteiger partial charge in [0, 0.05) is 22.2 Å². The molecule has 0 aliphatic heterocycles. The molecule has 0 atom stereocenters. The molecule has 0 aliphatic rings. The molecule has 0 fully saturated rings. The molecular weight excluding hydrogens is 254 g/mol. The van der Waals surface area contributed by atoms with E-state index in [1.807, 2.05) is 36.6 Å².